The standard InChI is InChI=1S/C20H24N2O2/c1-24-17-11-12-18(21)19(13-17)22-20(23)16-9-7-15(8-10-16)14-5-3-2-4-6-14/h2-6,11-13,15-16H,7-10,21H2,1H3,(H,22,23). The molecule has 2 aromatic rings. The molecule has 0 radical (unpaired) electrons. The van der Waals surface area contributed by atoms with Gasteiger partial charge in [0.2, 0.25) is 5.91 Å². The summed E-state index contributed by atoms with van der Waals surface area (Å²) in [6, 6.07) is 15.9. The lowest BCUT2D eigenvalue weighted by atomic mass is 9.78. The maximum Gasteiger partial charge on any atom is 0.227 e. The predicted octanol–water partition coefficient (Wildman–Crippen LogP) is 4.19. The van der Waals surface area contributed by atoms with E-state index in [1.165, 1.54) is 5.56 Å². The number of methoxy groups -OCH3 is 1. The van der Waals surface area contributed by atoms with Crippen molar-refractivity contribution in [2.24, 2.45) is 5.92 Å². The second kappa shape index (κ2) is 7.39. The molecule has 0 aliphatic heterocycles. The van der Waals surface area contributed by atoms with Gasteiger partial charge in [0.25, 0.3) is 0 Å². The maximum atomic E-state index is 12.6. The number of anilines is 2. The number of amides is 1. The van der Waals surface area contributed by atoms with Crippen molar-refractivity contribution >= 4 is 17.3 Å². The van der Waals surface area contributed by atoms with Crippen LogP contribution < -0.4 is 15.8 Å². The lowest BCUT2D eigenvalue weighted by molar-refractivity contribution is -0.120. The van der Waals surface area contributed by atoms with Gasteiger partial charge in [-0.3, -0.25) is 4.79 Å². The first kappa shape index (κ1) is 16.4. The molecule has 24 heavy (non-hydrogen) atoms. The summed E-state index contributed by atoms with van der Waals surface area (Å²) in [4.78, 5) is 12.6. The molecule has 2 aromatic carbocycles. The van der Waals surface area contributed by atoms with Crippen LogP contribution in [0.4, 0.5) is 11.4 Å². The summed E-state index contributed by atoms with van der Waals surface area (Å²) in [6.45, 7) is 0. The molecule has 0 heterocycles. The summed E-state index contributed by atoms with van der Waals surface area (Å²) in [7, 11) is 1.60. The van der Waals surface area contributed by atoms with E-state index in [9.17, 15) is 4.79 Å². The average Bonchev–Trinajstić information content (AvgIpc) is 2.64. The Kier molecular flexibility index (Phi) is 5.04. The molecule has 3 N–H and O–H groups in total. The average molecular weight is 324 g/mol. The number of rotatable bonds is 4. The number of benzene rings is 2. The van der Waals surface area contributed by atoms with Crippen molar-refractivity contribution in [1.29, 1.82) is 0 Å². The molecule has 0 spiro atoms. The van der Waals surface area contributed by atoms with Gasteiger partial charge in [0.05, 0.1) is 18.5 Å². The monoisotopic (exact) mass is 324 g/mol. The van der Waals surface area contributed by atoms with E-state index in [-0.39, 0.29) is 11.8 Å². The summed E-state index contributed by atoms with van der Waals surface area (Å²) in [5, 5.41) is 2.97. The molecular weight excluding hydrogens is 300 g/mol. The summed E-state index contributed by atoms with van der Waals surface area (Å²) in [5.74, 6) is 1.36. The van der Waals surface area contributed by atoms with Gasteiger partial charge in [0.15, 0.2) is 0 Å². The van der Waals surface area contributed by atoms with Crippen molar-refractivity contribution in [2.75, 3.05) is 18.2 Å². The lowest BCUT2D eigenvalue weighted by Gasteiger charge is -2.28. The number of carbonyl (C=O) groups is 1. The van der Waals surface area contributed by atoms with Gasteiger partial charge >= 0.3 is 0 Å². The van der Waals surface area contributed by atoms with Crippen LogP contribution in [0.5, 0.6) is 5.75 Å². The van der Waals surface area contributed by atoms with Gasteiger partial charge in [-0.2, -0.15) is 0 Å². The molecule has 4 nitrogen and oxygen atoms in total. The molecule has 126 valence electrons. The molecule has 1 aliphatic rings. The normalized spacial score (nSPS) is 20.4. The fraction of sp³-hybridized carbons (Fsp3) is 0.350. The van der Waals surface area contributed by atoms with Crippen LogP contribution in [0.1, 0.15) is 37.2 Å². The fourth-order valence-corrected chi connectivity index (χ4v) is 3.42. The summed E-state index contributed by atoms with van der Waals surface area (Å²) in [6.07, 6.45) is 3.93. The van der Waals surface area contributed by atoms with E-state index in [4.69, 9.17) is 10.5 Å². The SMILES string of the molecule is COc1ccc(N)c(NC(=O)C2CCC(c3ccccc3)CC2)c1. The van der Waals surface area contributed by atoms with Crippen molar-refractivity contribution < 1.29 is 9.53 Å². The Labute approximate surface area is 143 Å². The molecule has 0 atom stereocenters. The van der Waals surface area contributed by atoms with E-state index in [1.807, 2.05) is 6.07 Å². The molecule has 0 unspecified atom stereocenters. The minimum Gasteiger partial charge on any atom is -0.497 e. The van der Waals surface area contributed by atoms with Gasteiger partial charge in [-0.1, -0.05) is 30.3 Å². The van der Waals surface area contributed by atoms with Crippen LogP contribution in [0.25, 0.3) is 0 Å². The first-order chi connectivity index (χ1) is 11.7. The van der Waals surface area contributed by atoms with E-state index < -0.39 is 0 Å². The number of carbonyl (C=O) groups excluding carboxylic acids is 1. The van der Waals surface area contributed by atoms with Gasteiger partial charge in [-0.25, -0.2) is 0 Å². The number of nitrogens with one attached hydrogen (secondary N) is 1. The third-order valence-corrected chi connectivity index (χ3v) is 4.89. The first-order valence-electron chi connectivity index (χ1n) is 8.46. The summed E-state index contributed by atoms with van der Waals surface area (Å²) >= 11 is 0. The second-order valence-electron chi connectivity index (χ2n) is 6.40. The van der Waals surface area contributed by atoms with Crippen molar-refractivity contribution in [3.05, 3.63) is 54.1 Å². The van der Waals surface area contributed by atoms with Gasteiger partial charge in [0, 0.05) is 12.0 Å². The molecule has 1 fully saturated rings. The van der Waals surface area contributed by atoms with E-state index in [1.54, 1.807) is 25.3 Å². The highest BCUT2D eigenvalue weighted by molar-refractivity contribution is 5.95. The van der Waals surface area contributed by atoms with Crippen molar-refractivity contribution in [2.45, 2.75) is 31.6 Å². The van der Waals surface area contributed by atoms with Crippen LogP contribution in [0.3, 0.4) is 0 Å². The van der Waals surface area contributed by atoms with Crippen LogP contribution in [0.2, 0.25) is 0 Å². The smallest absolute Gasteiger partial charge is 0.227 e. The molecular formula is C20H24N2O2. The van der Waals surface area contributed by atoms with Gasteiger partial charge in [0.1, 0.15) is 5.75 Å². The van der Waals surface area contributed by atoms with Gasteiger partial charge in [-0.15, -0.1) is 0 Å². The van der Waals surface area contributed by atoms with Gasteiger partial charge < -0.3 is 15.8 Å². The zero-order chi connectivity index (χ0) is 16.9. The van der Waals surface area contributed by atoms with Crippen LogP contribution in [-0.4, -0.2) is 13.0 Å². The second-order valence-corrected chi connectivity index (χ2v) is 6.40. The highest BCUT2D eigenvalue weighted by Gasteiger charge is 2.27. The van der Waals surface area contributed by atoms with Crippen LogP contribution in [-0.2, 0) is 4.79 Å². The zero-order valence-corrected chi connectivity index (χ0v) is 14.0. The molecule has 0 aromatic heterocycles. The van der Waals surface area contributed by atoms with Crippen molar-refractivity contribution in [3.8, 4) is 5.75 Å². The Morgan fingerprint density at radius 1 is 1.08 bits per heavy atom. The summed E-state index contributed by atoms with van der Waals surface area (Å²) in [5.41, 5.74) is 8.52. The molecule has 1 amide bonds. The molecule has 3 rings (SSSR count). The number of hydrogen-bond acceptors (Lipinski definition) is 3. The molecule has 1 saturated carbocycles. The Morgan fingerprint density at radius 2 is 1.79 bits per heavy atom. The van der Waals surface area contributed by atoms with E-state index >= 15 is 0 Å². The fourth-order valence-electron chi connectivity index (χ4n) is 3.42. The van der Waals surface area contributed by atoms with Crippen LogP contribution in [0.15, 0.2) is 48.5 Å². The zero-order valence-electron chi connectivity index (χ0n) is 14.0. The number of nitrogen functional groups attached to an aromatic ring is 1. The van der Waals surface area contributed by atoms with Crippen LogP contribution >= 0.6 is 0 Å². The van der Waals surface area contributed by atoms with E-state index in [2.05, 4.69) is 29.6 Å². The quantitative estimate of drug-likeness (QED) is 0.829. The Morgan fingerprint density at radius 3 is 2.46 bits per heavy atom. The number of hydrogen-bond donors (Lipinski definition) is 2. The molecule has 1 aliphatic carbocycles. The number of ether oxygens (including phenoxy) is 1. The minimum absolute atomic E-state index is 0.0514. The third kappa shape index (κ3) is 3.70. The molecule has 0 saturated heterocycles. The Balaban J connectivity index is 1.59. The largest absolute Gasteiger partial charge is 0.497 e. The molecule has 4 heteroatoms. The predicted molar refractivity (Wildman–Crippen MR) is 97.2 cm³/mol. The Bertz CT molecular complexity index is 692. The van der Waals surface area contributed by atoms with Crippen molar-refractivity contribution in [1.82, 2.24) is 0 Å². The topological polar surface area (TPSA) is 64.3 Å². The highest BCUT2D eigenvalue weighted by Crippen LogP contribution is 2.36. The maximum absolute atomic E-state index is 12.6. The first-order valence-corrected chi connectivity index (χ1v) is 8.46. The lowest BCUT2D eigenvalue weighted by Crippen LogP contribution is -2.27. The van der Waals surface area contributed by atoms with Gasteiger partial charge in [-0.05, 0) is 49.3 Å². The highest BCUT2D eigenvalue weighted by atomic mass is 16.5. The molecule has 0 bridgehead atoms. The summed E-state index contributed by atoms with van der Waals surface area (Å²) < 4.78 is 5.19. The number of nitrogens with two attached hydrogens (primary N) is 1. The minimum atomic E-state index is 0.0514. The van der Waals surface area contributed by atoms with Crippen LogP contribution in [0, 0.1) is 5.92 Å². The van der Waals surface area contributed by atoms with E-state index in [0.717, 1.165) is 25.7 Å². The van der Waals surface area contributed by atoms with Crippen molar-refractivity contribution in [3.63, 3.8) is 0 Å². The third-order valence-electron chi connectivity index (χ3n) is 4.89. The Hall–Kier alpha value is -2.49. The van der Waals surface area contributed by atoms with E-state index in [0.29, 0.717) is 23.0 Å².